The summed E-state index contributed by atoms with van der Waals surface area (Å²) in [6, 6.07) is 13.6. The number of aryl methyl sites for hydroxylation is 1. The third-order valence-electron chi connectivity index (χ3n) is 4.46. The minimum atomic E-state index is -0.467. The standard InChI is InChI=1S/C21H13Cl3N2O2S/c1-11-9-12(22)4-7-16(11)25-19-18(17-3-2-8-29-17)20(27)26(21(19)28)13-5-6-14(23)15(24)10-13/h2-10,25H,1H3. The molecule has 0 spiro atoms. The molecule has 4 nitrogen and oxygen atoms in total. The quantitative estimate of drug-likeness (QED) is 0.455. The highest BCUT2D eigenvalue weighted by Gasteiger charge is 2.41. The molecule has 1 N–H and O–H groups in total. The first-order valence-electron chi connectivity index (χ1n) is 8.52. The zero-order chi connectivity index (χ0) is 20.7. The molecule has 0 unspecified atom stereocenters. The summed E-state index contributed by atoms with van der Waals surface area (Å²) < 4.78 is 0. The highest BCUT2D eigenvalue weighted by Crippen LogP contribution is 2.37. The van der Waals surface area contributed by atoms with Gasteiger partial charge in [0, 0.05) is 15.6 Å². The zero-order valence-corrected chi connectivity index (χ0v) is 18.1. The molecule has 1 aliphatic heterocycles. The van der Waals surface area contributed by atoms with Gasteiger partial charge in [0.05, 0.1) is 21.3 Å². The molecule has 2 aromatic carbocycles. The number of halogens is 3. The van der Waals surface area contributed by atoms with Crippen molar-refractivity contribution in [3.8, 4) is 0 Å². The molecule has 8 heteroatoms. The lowest BCUT2D eigenvalue weighted by molar-refractivity contribution is -0.120. The van der Waals surface area contributed by atoms with E-state index in [0.717, 1.165) is 10.5 Å². The van der Waals surface area contributed by atoms with Crippen molar-refractivity contribution in [2.75, 3.05) is 10.2 Å². The number of nitrogens with one attached hydrogen (secondary N) is 1. The minimum absolute atomic E-state index is 0.203. The summed E-state index contributed by atoms with van der Waals surface area (Å²) in [5, 5.41) is 6.19. The molecular weight excluding hydrogens is 451 g/mol. The van der Waals surface area contributed by atoms with Gasteiger partial charge < -0.3 is 5.32 Å². The zero-order valence-electron chi connectivity index (χ0n) is 15.0. The Morgan fingerprint density at radius 1 is 0.931 bits per heavy atom. The van der Waals surface area contributed by atoms with Crippen molar-refractivity contribution in [1.82, 2.24) is 0 Å². The SMILES string of the molecule is Cc1cc(Cl)ccc1NC1=C(c2cccs2)C(=O)N(c2ccc(Cl)c(Cl)c2)C1=O. The van der Waals surface area contributed by atoms with Gasteiger partial charge in [-0.25, -0.2) is 4.90 Å². The van der Waals surface area contributed by atoms with Gasteiger partial charge in [-0.3, -0.25) is 9.59 Å². The van der Waals surface area contributed by atoms with E-state index in [9.17, 15) is 9.59 Å². The first-order valence-corrected chi connectivity index (χ1v) is 10.5. The van der Waals surface area contributed by atoms with Gasteiger partial charge in [0.2, 0.25) is 0 Å². The molecular formula is C21H13Cl3N2O2S. The van der Waals surface area contributed by atoms with Gasteiger partial charge in [-0.05, 0) is 60.3 Å². The Kier molecular flexibility index (Phi) is 5.40. The van der Waals surface area contributed by atoms with Crippen molar-refractivity contribution in [2.45, 2.75) is 6.92 Å². The lowest BCUT2D eigenvalue weighted by Gasteiger charge is -2.16. The molecule has 1 aromatic heterocycles. The summed E-state index contributed by atoms with van der Waals surface area (Å²) in [7, 11) is 0. The van der Waals surface area contributed by atoms with Gasteiger partial charge in [-0.15, -0.1) is 11.3 Å². The molecule has 29 heavy (non-hydrogen) atoms. The van der Waals surface area contributed by atoms with E-state index in [0.29, 0.717) is 31.9 Å². The Morgan fingerprint density at radius 3 is 2.38 bits per heavy atom. The fourth-order valence-electron chi connectivity index (χ4n) is 3.06. The molecule has 4 rings (SSSR count). The van der Waals surface area contributed by atoms with Crippen LogP contribution in [0, 0.1) is 6.92 Å². The number of rotatable bonds is 4. The topological polar surface area (TPSA) is 49.4 Å². The summed E-state index contributed by atoms with van der Waals surface area (Å²) >= 11 is 19.5. The Balaban J connectivity index is 1.81. The molecule has 0 fully saturated rings. The van der Waals surface area contributed by atoms with Crippen LogP contribution in [-0.4, -0.2) is 11.8 Å². The Morgan fingerprint density at radius 2 is 1.72 bits per heavy atom. The Bertz CT molecular complexity index is 1170. The van der Waals surface area contributed by atoms with Crippen molar-refractivity contribution in [2.24, 2.45) is 0 Å². The van der Waals surface area contributed by atoms with E-state index in [-0.39, 0.29) is 10.7 Å². The molecule has 0 saturated carbocycles. The van der Waals surface area contributed by atoms with E-state index in [4.69, 9.17) is 34.8 Å². The summed E-state index contributed by atoms with van der Waals surface area (Å²) in [6.45, 7) is 1.87. The number of amides is 2. The molecule has 2 heterocycles. The number of hydrogen-bond acceptors (Lipinski definition) is 4. The Hall–Kier alpha value is -2.31. The number of anilines is 2. The first-order chi connectivity index (χ1) is 13.9. The average molecular weight is 464 g/mol. The van der Waals surface area contributed by atoms with E-state index in [1.807, 2.05) is 18.4 Å². The maximum Gasteiger partial charge on any atom is 0.282 e. The fourth-order valence-corrected chi connectivity index (χ4v) is 4.34. The summed E-state index contributed by atoms with van der Waals surface area (Å²) in [6.07, 6.45) is 0. The van der Waals surface area contributed by atoms with Crippen LogP contribution in [0.4, 0.5) is 11.4 Å². The molecule has 0 bridgehead atoms. The lowest BCUT2D eigenvalue weighted by atomic mass is 10.1. The highest BCUT2D eigenvalue weighted by molar-refractivity contribution is 7.11. The minimum Gasteiger partial charge on any atom is -0.350 e. The van der Waals surface area contributed by atoms with Crippen molar-refractivity contribution in [1.29, 1.82) is 0 Å². The van der Waals surface area contributed by atoms with Crippen molar-refractivity contribution in [3.05, 3.63) is 85.1 Å². The van der Waals surface area contributed by atoms with Gasteiger partial charge in [0.25, 0.3) is 11.8 Å². The highest BCUT2D eigenvalue weighted by atomic mass is 35.5. The van der Waals surface area contributed by atoms with E-state index in [1.165, 1.54) is 17.4 Å². The summed E-state index contributed by atoms with van der Waals surface area (Å²) in [5.41, 5.74) is 2.41. The van der Waals surface area contributed by atoms with Gasteiger partial charge in [0.15, 0.2) is 0 Å². The second-order valence-corrected chi connectivity index (χ2v) is 8.55. The number of carbonyl (C=O) groups excluding carboxylic acids is 2. The Labute approximate surface area is 186 Å². The van der Waals surface area contributed by atoms with E-state index < -0.39 is 11.8 Å². The van der Waals surface area contributed by atoms with Gasteiger partial charge >= 0.3 is 0 Å². The van der Waals surface area contributed by atoms with Crippen LogP contribution in [0.2, 0.25) is 15.1 Å². The number of benzene rings is 2. The third-order valence-corrected chi connectivity index (χ3v) is 6.32. The predicted octanol–water partition coefficient (Wildman–Crippen LogP) is 6.41. The van der Waals surface area contributed by atoms with Gasteiger partial charge in [0.1, 0.15) is 5.70 Å². The molecule has 0 saturated heterocycles. The maximum absolute atomic E-state index is 13.3. The number of nitrogens with zero attached hydrogens (tertiary/aromatic N) is 1. The molecule has 146 valence electrons. The second-order valence-electron chi connectivity index (χ2n) is 6.36. The van der Waals surface area contributed by atoms with E-state index >= 15 is 0 Å². The largest absolute Gasteiger partial charge is 0.350 e. The first kappa shape index (κ1) is 20.0. The molecule has 0 atom stereocenters. The predicted molar refractivity (Wildman–Crippen MR) is 120 cm³/mol. The van der Waals surface area contributed by atoms with Crippen LogP contribution < -0.4 is 10.2 Å². The molecule has 2 amide bonds. The van der Waals surface area contributed by atoms with Crippen LogP contribution in [0.5, 0.6) is 0 Å². The van der Waals surface area contributed by atoms with Crippen molar-refractivity contribution in [3.63, 3.8) is 0 Å². The second kappa shape index (κ2) is 7.84. The number of thiophene rings is 1. The number of carbonyl (C=O) groups is 2. The van der Waals surface area contributed by atoms with Crippen LogP contribution in [0.1, 0.15) is 10.4 Å². The van der Waals surface area contributed by atoms with Crippen molar-refractivity contribution < 1.29 is 9.59 Å². The smallest absolute Gasteiger partial charge is 0.282 e. The monoisotopic (exact) mass is 462 g/mol. The van der Waals surface area contributed by atoms with E-state index in [1.54, 1.807) is 36.4 Å². The van der Waals surface area contributed by atoms with Crippen LogP contribution in [0.3, 0.4) is 0 Å². The molecule has 3 aromatic rings. The maximum atomic E-state index is 13.3. The normalized spacial score (nSPS) is 14.1. The number of hydrogen-bond donors (Lipinski definition) is 1. The van der Waals surface area contributed by atoms with Gasteiger partial charge in [-0.1, -0.05) is 40.9 Å². The molecule has 0 radical (unpaired) electrons. The molecule has 0 aliphatic carbocycles. The van der Waals surface area contributed by atoms with Crippen LogP contribution in [0.25, 0.3) is 5.57 Å². The molecule has 1 aliphatic rings. The van der Waals surface area contributed by atoms with Gasteiger partial charge in [-0.2, -0.15) is 0 Å². The fraction of sp³-hybridized carbons (Fsp3) is 0.0476. The van der Waals surface area contributed by atoms with Crippen LogP contribution >= 0.6 is 46.1 Å². The number of imide groups is 1. The van der Waals surface area contributed by atoms with Crippen molar-refractivity contribution >= 4 is 74.9 Å². The van der Waals surface area contributed by atoms with Crippen LogP contribution in [-0.2, 0) is 9.59 Å². The third kappa shape index (κ3) is 3.67. The van der Waals surface area contributed by atoms with Crippen LogP contribution in [0.15, 0.2) is 59.6 Å². The summed E-state index contributed by atoms with van der Waals surface area (Å²) in [4.78, 5) is 28.4. The lowest BCUT2D eigenvalue weighted by Crippen LogP contribution is -2.32. The average Bonchev–Trinajstić information content (AvgIpc) is 3.27. The summed E-state index contributed by atoms with van der Waals surface area (Å²) in [5.74, 6) is -0.893. The van der Waals surface area contributed by atoms with E-state index in [2.05, 4.69) is 5.32 Å².